The molecule has 0 aliphatic rings. The van der Waals surface area contributed by atoms with Crippen molar-refractivity contribution in [1.29, 1.82) is 0 Å². The SMILES string of the molecule is CC(C)(SSC(C)(C)C(O)(O)C[SiH3])C(O)(O)C[SiH3]. The number of aliphatic hydroxyl groups is 4. The van der Waals surface area contributed by atoms with Gasteiger partial charge in [0, 0.05) is 20.5 Å². The Morgan fingerprint density at radius 2 is 0.944 bits per heavy atom. The Bertz CT molecular complexity index is 255. The average Bonchev–Trinajstić information content (AvgIpc) is 2.26. The van der Waals surface area contributed by atoms with Gasteiger partial charge in [0.05, 0.1) is 9.49 Å². The summed E-state index contributed by atoms with van der Waals surface area (Å²) < 4.78 is -1.53. The van der Waals surface area contributed by atoms with Crippen molar-refractivity contribution in [3.8, 4) is 0 Å². The van der Waals surface area contributed by atoms with Gasteiger partial charge in [-0.25, -0.2) is 0 Å². The van der Waals surface area contributed by atoms with Gasteiger partial charge in [-0.05, 0) is 39.8 Å². The molecule has 0 rings (SSSR count). The molecule has 0 heterocycles. The molecule has 0 aliphatic carbocycles. The first-order valence-electron chi connectivity index (χ1n) is 6.09. The molecule has 0 fully saturated rings. The fraction of sp³-hybridized carbons (Fsp3) is 1.00. The van der Waals surface area contributed by atoms with E-state index in [4.69, 9.17) is 0 Å². The Labute approximate surface area is 123 Å². The van der Waals surface area contributed by atoms with E-state index in [9.17, 15) is 20.4 Å². The third-order valence-corrected chi connectivity index (χ3v) is 9.67. The minimum absolute atomic E-state index is 0.359. The van der Waals surface area contributed by atoms with Crippen molar-refractivity contribution in [2.75, 3.05) is 0 Å². The molecule has 0 unspecified atom stereocenters. The van der Waals surface area contributed by atoms with E-state index < -0.39 is 21.1 Å². The molecule has 0 amide bonds. The van der Waals surface area contributed by atoms with Crippen LogP contribution >= 0.6 is 21.6 Å². The molecule has 0 radical (unpaired) electrons. The fourth-order valence-corrected chi connectivity index (χ4v) is 6.50. The molecule has 0 spiro atoms. The monoisotopic (exact) mass is 330 g/mol. The summed E-state index contributed by atoms with van der Waals surface area (Å²) >= 11 is 0. The van der Waals surface area contributed by atoms with Gasteiger partial charge in [0.1, 0.15) is 0 Å². The van der Waals surface area contributed by atoms with Crippen molar-refractivity contribution >= 4 is 42.1 Å². The van der Waals surface area contributed by atoms with Crippen molar-refractivity contribution in [2.45, 2.75) is 60.9 Å². The van der Waals surface area contributed by atoms with Crippen LogP contribution in [0, 0.1) is 0 Å². The molecule has 0 aliphatic heterocycles. The Kier molecular flexibility index (Phi) is 6.50. The van der Waals surface area contributed by atoms with Crippen LogP contribution in [-0.4, -0.2) is 62.0 Å². The second kappa shape index (κ2) is 6.17. The summed E-state index contributed by atoms with van der Waals surface area (Å²) in [6, 6.07) is 0.718. The Hall–Kier alpha value is 0.974. The molecule has 110 valence electrons. The predicted octanol–water partition coefficient (Wildman–Crippen LogP) is -1.15. The lowest BCUT2D eigenvalue weighted by Gasteiger charge is -2.41. The maximum absolute atomic E-state index is 9.95. The standard InChI is InChI=1S/C10H26O4S2Si2/c1-7(2,9(11,12)5-17)15-16-8(3,4)10(13,14)6-18/h11-14H,5-6H2,1-4,17-18H3. The molecule has 0 aromatic carbocycles. The first kappa shape index (κ1) is 19.0. The van der Waals surface area contributed by atoms with Gasteiger partial charge in [0.2, 0.25) is 0 Å². The summed E-state index contributed by atoms with van der Waals surface area (Å²) in [7, 11) is 3.99. The van der Waals surface area contributed by atoms with Crippen LogP contribution in [0.15, 0.2) is 0 Å². The van der Waals surface area contributed by atoms with Crippen molar-refractivity contribution < 1.29 is 20.4 Å². The van der Waals surface area contributed by atoms with E-state index in [1.807, 2.05) is 0 Å². The van der Waals surface area contributed by atoms with Crippen LogP contribution < -0.4 is 0 Å². The Balaban J connectivity index is 4.77. The molecular formula is C10H26O4S2Si2. The lowest BCUT2D eigenvalue weighted by Crippen LogP contribution is -2.49. The van der Waals surface area contributed by atoms with E-state index in [1.165, 1.54) is 21.6 Å². The van der Waals surface area contributed by atoms with E-state index in [1.54, 1.807) is 27.7 Å². The van der Waals surface area contributed by atoms with Gasteiger partial charge in [0.15, 0.2) is 11.6 Å². The Morgan fingerprint density at radius 3 is 1.11 bits per heavy atom. The van der Waals surface area contributed by atoms with Crippen molar-refractivity contribution in [2.24, 2.45) is 0 Å². The highest BCUT2D eigenvalue weighted by molar-refractivity contribution is 8.77. The normalized spacial score (nSPS) is 15.3. The summed E-state index contributed by atoms with van der Waals surface area (Å²) in [5.41, 5.74) is 0. The average molecular weight is 331 g/mol. The zero-order valence-corrected chi connectivity index (χ0v) is 17.7. The molecule has 0 aromatic rings. The quantitative estimate of drug-likeness (QED) is 0.268. The molecule has 0 saturated heterocycles. The number of hydrogen-bond donors (Lipinski definition) is 4. The molecule has 0 saturated carbocycles. The Morgan fingerprint density at radius 1 is 0.722 bits per heavy atom. The lowest BCUT2D eigenvalue weighted by atomic mass is 10.0. The molecule has 4 nitrogen and oxygen atoms in total. The maximum Gasteiger partial charge on any atom is 0.174 e. The van der Waals surface area contributed by atoms with Crippen LogP contribution in [0.3, 0.4) is 0 Å². The third-order valence-electron chi connectivity index (χ3n) is 3.37. The second-order valence-corrected chi connectivity index (χ2v) is 10.3. The van der Waals surface area contributed by atoms with Gasteiger partial charge >= 0.3 is 0 Å². The summed E-state index contributed by atoms with van der Waals surface area (Å²) in [4.78, 5) is 0. The number of hydrogen-bond acceptors (Lipinski definition) is 6. The molecule has 18 heavy (non-hydrogen) atoms. The van der Waals surface area contributed by atoms with Crippen molar-refractivity contribution in [3.63, 3.8) is 0 Å². The molecule has 8 heteroatoms. The smallest absolute Gasteiger partial charge is 0.174 e. The molecule has 0 aromatic heterocycles. The van der Waals surface area contributed by atoms with Crippen LogP contribution in [-0.2, 0) is 0 Å². The first-order chi connectivity index (χ1) is 7.83. The summed E-state index contributed by atoms with van der Waals surface area (Å²) in [5.74, 6) is -3.44. The molecule has 4 N–H and O–H groups in total. The van der Waals surface area contributed by atoms with Crippen LogP contribution in [0.4, 0.5) is 0 Å². The minimum Gasteiger partial charge on any atom is -0.365 e. The number of rotatable bonds is 7. The predicted molar refractivity (Wildman–Crippen MR) is 87.2 cm³/mol. The maximum atomic E-state index is 9.95. The summed E-state index contributed by atoms with van der Waals surface area (Å²) in [6.07, 6.45) is 0. The van der Waals surface area contributed by atoms with Crippen LogP contribution in [0.2, 0.25) is 12.1 Å². The van der Waals surface area contributed by atoms with Gasteiger partial charge in [-0.2, -0.15) is 0 Å². The molecule has 0 atom stereocenters. The third kappa shape index (κ3) is 4.24. The second-order valence-electron chi connectivity index (χ2n) is 5.53. The van der Waals surface area contributed by atoms with E-state index in [0.29, 0.717) is 32.6 Å². The van der Waals surface area contributed by atoms with Crippen molar-refractivity contribution in [3.05, 3.63) is 0 Å². The first-order valence-corrected chi connectivity index (χ1v) is 11.1. The van der Waals surface area contributed by atoms with E-state index in [2.05, 4.69) is 0 Å². The van der Waals surface area contributed by atoms with Gasteiger partial charge < -0.3 is 20.4 Å². The summed E-state index contributed by atoms with van der Waals surface area (Å²) in [5, 5.41) is 39.8. The fourth-order valence-electron chi connectivity index (χ4n) is 1.19. The van der Waals surface area contributed by atoms with Gasteiger partial charge in [-0.3, -0.25) is 0 Å². The van der Waals surface area contributed by atoms with Crippen LogP contribution in [0.5, 0.6) is 0 Å². The highest BCUT2D eigenvalue weighted by Crippen LogP contribution is 2.51. The highest BCUT2D eigenvalue weighted by atomic mass is 33.1. The van der Waals surface area contributed by atoms with Gasteiger partial charge in [-0.1, -0.05) is 21.6 Å². The van der Waals surface area contributed by atoms with Crippen LogP contribution in [0.25, 0.3) is 0 Å². The minimum atomic E-state index is -1.72. The molecule has 0 bridgehead atoms. The van der Waals surface area contributed by atoms with E-state index in [-0.39, 0.29) is 0 Å². The summed E-state index contributed by atoms with van der Waals surface area (Å²) in [6.45, 7) is 7.04. The highest BCUT2D eigenvalue weighted by Gasteiger charge is 2.46. The zero-order valence-electron chi connectivity index (χ0n) is 12.0. The van der Waals surface area contributed by atoms with Gasteiger partial charge in [0.25, 0.3) is 0 Å². The van der Waals surface area contributed by atoms with E-state index >= 15 is 0 Å². The lowest BCUT2D eigenvalue weighted by molar-refractivity contribution is -0.164. The van der Waals surface area contributed by atoms with Crippen molar-refractivity contribution in [1.82, 2.24) is 0 Å². The molecular weight excluding hydrogens is 304 g/mol. The topological polar surface area (TPSA) is 80.9 Å². The van der Waals surface area contributed by atoms with Crippen LogP contribution in [0.1, 0.15) is 27.7 Å². The zero-order chi connectivity index (χ0) is 14.8. The van der Waals surface area contributed by atoms with Gasteiger partial charge in [-0.15, -0.1) is 0 Å². The largest absolute Gasteiger partial charge is 0.365 e. The van der Waals surface area contributed by atoms with E-state index in [0.717, 1.165) is 0 Å².